The second-order valence-corrected chi connectivity index (χ2v) is 7.83. The van der Waals surface area contributed by atoms with E-state index in [-0.39, 0.29) is 11.7 Å². The number of nitrogens with one attached hydrogen (secondary N) is 1. The molecule has 0 atom stereocenters. The van der Waals surface area contributed by atoms with Crippen LogP contribution < -0.4 is 5.32 Å². The number of unbranched alkanes of at least 4 members (excludes halogenated alkanes) is 4. The van der Waals surface area contributed by atoms with Gasteiger partial charge in [-0.3, -0.25) is 4.79 Å². The van der Waals surface area contributed by atoms with Crippen molar-refractivity contribution in [3.8, 4) is 0 Å². The number of ether oxygens (including phenoxy) is 1. The minimum absolute atomic E-state index is 0.0298. The molecule has 0 spiro atoms. The first-order chi connectivity index (χ1) is 13.4. The Hall–Kier alpha value is -1.65. The summed E-state index contributed by atoms with van der Waals surface area (Å²) in [5, 5.41) is 3.29. The Kier molecular flexibility index (Phi) is 12.5. The topological polar surface area (TPSA) is 38.3 Å². The average molecular weight is 410 g/mol. The molecule has 156 valence electrons. The number of hydrogen-bond acceptors (Lipinski definition) is 2. The van der Waals surface area contributed by atoms with Gasteiger partial charge in [-0.05, 0) is 55.4 Å². The van der Waals surface area contributed by atoms with Gasteiger partial charge >= 0.3 is 0 Å². The number of halogens is 2. The largest absolute Gasteiger partial charge is 0.377 e. The number of rotatable bonds is 13. The molecule has 0 bridgehead atoms. The highest BCUT2D eigenvalue weighted by Gasteiger charge is 2.02. The summed E-state index contributed by atoms with van der Waals surface area (Å²) in [7, 11) is 0. The van der Waals surface area contributed by atoms with E-state index in [0.717, 1.165) is 43.2 Å². The normalized spacial score (nSPS) is 12.1. The lowest BCUT2D eigenvalue weighted by molar-refractivity contribution is -0.116. The van der Waals surface area contributed by atoms with Crippen LogP contribution in [0.5, 0.6) is 0 Å². The molecule has 0 aromatic heterocycles. The van der Waals surface area contributed by atoms with Crippen molar-refractivity contribution in [1.29, 1.82) is 0 Å². The molecular weight excluding hydrogens is 377 g/mol. The van der Waals surface area contributed by atoms with E-state index in [1.807, 2.05) is 13.0 Å². The molecule has 0 saturated heterocycles. The van der Waals surface area contributed by atoms with E-state index in [9.17, 15) is 9.18 Å². The van der Waals surface area contributed by atoms with Crippen molar-refractivity contribution in [2.75, 3.05) is 13.2 Å². The third kappa shape index (κ3) is 11.9. The van der Waals surface area contributed by atoms with Crippen molar-refractivity contribution >= 4 is 17.5 Å². The molecule has 1 N–H and O–H groups in total. The molecule has 0 heterocycles. The zero-order valence-electron chi connectivity index (χ0n) is 17.3. The second-order valence-electron chi connectivity index (χ2n) is 7.42. The quantitative estimate of drug-likeness (QED) is 0.238. The third-order valence-electron chi connectivity index (χ3n) is 4.11. The van der Waals surface area contributed by atoms with Gasteiger partial charge in [-0.25, -0.2) is 4.39 Å². The van der Waals surface area contributed by atoms with Crippen molar-refractivity contribution < 1.29 is 13.9 Å². The predicted molar refractivity (Wildman–Crippen MR) is 115 cm³/mol. The Balaban J connectivity index is 2.05. The fourth-order valence-electron chi connectivity index (χ4n) is 2.52. The number of carbonyl (C=O) groups excluding carboxylic acids is 1. The summed E-state index contributed by atoms with van der Waals surface area (Å²) in [6.45, 7) is 7.88. The van der Waals surface area contributed by atoms with Crippen LogP contribution in [0.15, 0.2) is 42.0 Å². The lowest BCUT2D eigenvalue weighted by Crippen LogP contribution is -2.25. The summed E-state index contributed by atoms with van der Waals surface area (Å²) in [5.74, 6) is 0.0972. The number of amides is 1. The van der Waals surface area contributed by atoms with Crippen LogP contribution in [0.3, 0.4) is 0 Å². The molecule has 0 saturated carbocycles. The molecular formula is C23H33ClFNO2. The maximum atomic E-state index is 13.0. The SMILES string of the molecule is CC(C=CCCCCCCOCc1ccc(F)cc1Cl)=CC(=O)NCC(C)C. The molecule has 1 amide bonds. The van der Waals surface area contributed by atoms with Crippen molar-refractivity contribution in [1.82, 2.24) is 5.32 Å². The van der Waals surface area contributed by atoms with Crippen LogP contribution in [0.4, 0.5) is 4.39 Å². The second kappa shape index (κ2) is 14.4. The first kappa shape index (κ1) is 24.4. The lowest BCUT2D eigenvalue weighted by Gasteiger charge is -2.06. The van der Waals surface area contributed by atoms with Gasteiger partial charge in [0.2, 0.25) is 5.91 Å². The van der Waals surface area contributed by atoms with Gasteiger partial charge in [-0.1, -0.05) is 56.5 Å². The van der Waals surface area contributed by atoms with Crippen LogP contribution >= 0.6 is 11.6 Å². The van der Waals surface area contributed by atoms with Gasteiger partial charge in [0.05, 0.1) is 6.61 Å². The Morgan fingerprint density at radius 2 is 2.00 bits per heavy atom. The number of carbonyl (C=O) groups is 1. The van der Waals surface area contributed by atoms with Crippen LogP contribution in [-0.4, -0.2) is 19.1 Å². The third-order valence-corrected chi connectivity index (χ3v) is 4.46. The number of hydrogen-bond donors (Lipinski definition) is 1. The van der Waals surface area contributed by atoms with Gasteiger partial charge in [0.15, 0.2) is 0 Å². The van der Waals surface area contributed by atoms with E-state index >= 15 is 0 Å². The molecule has 28 heavy (non-hydrogen) atoms. The van der Waals surface area contributed by atoms with Crippen molar-refractivity contribution in [3.05, 3.63) is 58.4 Å². The van der Waals surface area contributed by atoms with Gasteiger partial charge in [-0.15, -0.1) is 0 Å². The standard InChI is InChI=1S/C23H33ClFNO2/c1-18(2)16-26-23(27)14-19(3)10-8-6-4-5-7-9-13-28-17-20-11-12-21(25)15-22(20)24/h8,10-12,14-15,18H,4-7,9,13,16-17H2,1-3H3,(H,26,27). The van der Waals surface area contributed by atoms with E-state index in [2.05, 4.69) is 25.2 Å². The summed E-state index contributed by atoms with van der Waals surface area (Å²) in [6.07, 6.45) is 11.1. The Bertz CT molecular complexity index is 656. The molecule has 0 aliphatic rings. The molecule has 0 aliphatic carbocycles. The molecule has 1 aromatic rings. The van der Waals surface area contributed by atoms with E-state index in [1.54, 1.807) is 12.1 Å². The van der Waals surface area contributed by atoms with Gasteiger partial charge in [-0.2, -0.15) is 0 Å². The number of allylic oxidation sites excluding steroid dienone is 3. The minimum atomic E-state index is -0.331. The van der Waals surface area contributed by atoms with E-state index < -0.39 is 0 Å². The van der Waals surface area contributed by atoms with Gasteiger partial charge < -0.3 is 10.1 Å². The highest BCUT2D eigenvalue weighted by atomic mass is 35.5. The zero-order chi connectivity index (χ0) is 20.8. The van der Waals surface area contributed by atoms with Crippen molar-refractivity contribution in [3.63, 3.8) is 0 Å². The molecule has 1 rings (SSSR count). The average Bonchev–Trinajstić information content (AvgIpc) is 2.63. The van der Waals surface area contributed by atoms with Gasteiger partial charge in [0, 0.05) is 24.3 Å². The summed E-state index contributed by atoms with van der Waals surface area (Å²) >= 11 is 5.97. The van der Waals surface area contributed by atoms with E-state index in [0.29, 0.717) is 30.7 Å². The highest BCUT2D eigenvalue weighted by Crippen LogP contribution is 2.18. The maximum Gasteiger partial charge on any atom is 0.244 e. The van der Waals surface area contributed by atoms with E-state index in [1.165, 1.54) is 12.1 Å². The zero-order valence-corrected chi connectivity index (χ0v) is 18.0. The molecule has 0 radical (unpaired) electrons. The van der Waals surface area contributed by atoms with Crippen LogP contribution in [0, 0.1) is 11.7 Å². The first-order valence-electron chi connectivity index (χ1n) is 10.0. The van der Waals surface area contributed by atoms with Gasteiger partial charge in [0.1, 0.15) is 5.82 Å². The van der Waals surface area contributed by atoms with Crippen LogP contribution in [0.2, 0.25) is 5.02 Å². The Morgan fingerprint density at radius 3 is 2.71 bits per heavy atom. The Labute approximate surface area is 174 Å². The molecule has 3 nitrogen and oxygen atoms in total. The lowest BCUT2D eigenvalue weighted by atomic mass is 10.1. The molecule has 0 aliphatic heterocycles. The smallest absolute Gasteiger partial charge is 0.244 e. The van der Waals surface area contributed by atoms with Crippen LogP contribution in [0.1, 0.15) is 58.4 Å². The minimum Gasteiger partial charge on any atom is -0.377 e. The molecule has 1 aromatic carbocycles. The predicted octanol–water partition coefficient (Wildman–Crippen LogP) is 6.22. The Morgan fingerprint density at radius 1 is 1.25 bits per heavy atom. The fourth-order valence-corrected chi connectivity index (χ4v) is 2.74. The van der Waals surface area contributed by atoms with E-state index in [4.69, 9.17) is 16.3 Å². The molecule has 0 unspecified atom stereocenters. The van der Waals surface area contributed by atoms with Crippen LogP contribution in [-0.2, 0) is 16.1 Å². The summed E-state index contributed by atoms with van der Waals surface area (Å²) in [6, 6.07) is 4.37. The highest BCUT2D eigenvalue weighted by molar-refractivity contribution is 6.31. The molecule has 5 heteroatoms. The summed E-state index contributed by atoms with van der Waals surface area (Å²) in [4.78, 5) is 11.7. The van der Waals surface area contributed by atoms with Crippen molar-refractivity contribution in [2.24, 2.45) is 5.92 Å². The molecule has 0 fully saturated rings. The summed E-state index contributed by atoms with van der Waals surface area (Å²) in [5.41, 5.74) is 1.78. The number of benzene rings is 1. The maximum absolute atomic E-state index is 13.0. The summed E-state index contributed by atoms with van der Waals surface area (Å²) < 4.78 is 18.6. The monoisotopic (exact) mass is 409 g/mol. The van der Waals surface area contributed by atoms with Gasteiger partial charge in [0.25, 0.3) is 0 Å². The fraction of sp³-hybridized carbons (Fsp3) is 0.522. The van der Waals surface area contributed by atoms with Crippen LogP contribution in [0.25, 0.3) is 0 Å². The first-order valence-corrected chi connectivity index (χ1v) is 10.4. The van der Waals surface area contributed by atoms with Crippen molar-refractivity contribution in [2.45, 2.75) is 59.5 Å².